The van der Waals surface area contributed by atoms with Crippen LogP contribution in [0.2, 0.25) is 0 Å². The summed E-state index contributed by atoms with van der Waals surface area (Å²) in [7, 11) is 1.32. The lowest BCUT2D eigenvalue weighted by Crippen LogP contribution is -2.04. The molecule has 0 aromatic rings. The average molecular weight is 238 g/mol. The Hall–Kier alpha value is -0.350. The zero-order valence-corrected chi connectivity index (χ0v) is 8.07. The van der Waals surface area contributed by atoms with Crippen LogP contribution in [0.5, 0.6) is 0 Å². The standard InChI is InChI=1S/C6H5BrClNO2/c1-11-6(10)3-2-4(8)9-5(3)7/h2H2,1H3. The van der Waals surface area contributed by atoms with Gasteiger partial charge in [0.2, 0.25) is 0 Å². The van der Waals surface area contributed by atoms with Crippen molar-refractivity contribution in [2.24, 2.45) is 4.99 Å². The molecule has 0 unspecified atom stereocenters. The van der Waals surface area contributed by atoms with E-state index in [1.165, 1.54) is 7.11 Å². The number of aliphatic imine (C=N–C) groups is 1. The van der Waals surface area contributed by atoms with Gasteiger partial charge in [0.15, 0.2) is 0 Å². The van der Waals surface area contributed by atoms with E-state index >= 15 is 0 Å². The van der Waals surface area contributed by atoms with Crippen molar-refractivity contribution in [3.63, 3.8) is 0 Å². The van der Waals surface area contributed by atoms with E-state index < -0.39 is 5.97 Å². The third-order valence-corrected chi connectivity index (χ3v) is 2.10. The molecule has 0 spiro atoms. The molecule has 1 aliphatic heterocycles. The molecule has 3 nitrogen and oxygen atoms in total. The van der Waals surface area contributed by atoms with Crippen LogP contribution < -0.4 is 0 Å². The van der Waals surface area contributed by atoms with Crippen LogP contribution in [0.1, 0.15) is 6.42 Å². The Kier molecular flexibility index (Phi) is 2.67. The zero-order valence-electron chi connectivity index (χ0n) is 5.73. The molecule has 0 aromatic heterocycles. The second-order valence-electron chi connectivity index (χ2n) is 1.93. The SMILES string of the molecule is COC(=O)C1=C(Br)N=C(Cl)C1. The van der Waals surface area contributed by atoms with Crippen LogP contribution in [-0.2, 0) is 9.53 Å². The number of rotatable bonds is 1. The molecule has 0 bridgehead atoms. The fourth-order valence-electron chi connectivity index (χ4n) is 0.712. The molecular formula is C6H5BrClNO2. The molecule has 0 radical (unpaired) electrons. The maximum absolute atomic E-state index is 10.9. The number of carbonyl (C=O) groups is 1. The van der Waals surface area contributed by atoms with Crippen LogP contribution in [-0.4, -0.2) is 18.2 Å². The predicted octanol–water partition coefficient (Wildman–Crippen LogP) is 1.81. The van der Waals surface area contributed by atoms with Gasteiger partial charge in [-0.25, -0.2) is 9.79 Å². The van der Waals surface area contributed by atoms with Gasteiger partial charge in [0.1, 0.15) is 9.78 Å². The van der Waals surface area contributed by atoms with E-state index in [9.17, 15) is 4.79 Å². The first-order chi connectivity index (χ1) is 5.15. The number of hydrogen-bond acceptors (Lipinski definition) is 3. The van der Waals surface area contributed by atoms with Gasteiger partial charge in [0, 0.05) is 6.42 Å². The summed E-state index contributed by atoms with van der Waals surface area (Å²) in [6, 6.07) is 0. The summed E-state index contributed by atoms with van der Waals surface area (Å²) in [5, 5.41) is 0.400. The minimum Gasteiger partial charge on any atom is -0.466 e. The van der Waals surface area contributed by atoms with Gasteiger partial charge in [-0.2, -0.15) is 0 Å². The maximum atomic E-state index is 10.9. The number of nitrogens with zero attached hydrogens (tertiary/aromatic N) is 1. The number of hydrogen-bond donors (Lipinski definition) is 0. The van der Waals surface area contributed by atoms with Crippen molar-refractivity contribution in [3.05, 3.63) is 10.2 Å². The Balaban J connectivity index is 2.79. The molecular weight excluding hydrogens is 233 g/mol. The Morgan fingerprint density at radius 3 is 2.82 bits per heavy atom. The van der Waals surface area contributed by atoms with Gasteiger partial charge in [0.25, 0.3) is 0 Å². The lowest BCUT2D eigenvalue weighted by Gasteiger charge is -1.97. The molecule has 5 heteroatoms. The first-order valence-electron chi connectivity index (χ1n) is 2.85. The van der Waals surface area contributed by atoms with E-state index in [-0.39, 0.29) is 0 Å². The van der Waals surface area contributed by atoms with Crippen molar-refractivity contribution < 1.29 is 9.53 Å². The molecule has 1 heterocycles. The summed E-state index contributed by atoms with van der Waals surface area (Å²) in [5.41, 5.74) is 0.470. The van der Waals surface area contributed by atoms with Gasteiger partial charge in [-0.1, -0.05) is 11.6 Å². The summed E-state index contributed by atoms with van der Waals surface area (Å²) < 4.78 is 4.96. The average Bonchev–Trinajstić information content (AvgIpc) is 2.28. The lowest BCUT2D eigenvalue weighted by atomic mass is 10.2. The van der Waals surface area contributed by atoms with Crippen LogP contribution in [0.25, 0.3) is 0 Å². The molecule has 0 atom stereocenters. The van der Waals surface area contributed by atoms with Crippen LogP contribution in [0.3, 0.4) is 0 Å². The highest BCUT2D eigenvalue weighted by Crippen LogP contribution is 2.26. The smallest absolute Gasteiger partial charge is 0.336 e. The molecule has 0 saturated heterocycles. The van der Waals surface area contributed by atoms with Crippen LogP contribution in [0.15, 0.2) is 15.2 Å². The normalized spacial score (nSPS) is 16.8. The Bertz CT molecular complexity index is 259. The minimum absolute atomic E-state index is 0.356. The molecule has 11 heavy (non-hydrogen) atoms. The van der Waals surface area contributed by atoms with Crippen LogP contribution in [0, 0.1) is 0 Å². The first-order valence-corrected chi connectivity index (χ1v) is 4.02. The van der Waals surface area contributed by atoms with Gasteiger partial charge in [-0.05, 0) is 15.9 Å². The van der Waals surface area contributed by atoms with Crippen molar-refractivity contribution in [1.82, 2.24) is 0 Å². The van der Waals surface area contributed by atoms with Crippen LogP contribution >= 0.6 is 27.5 Å². The van der Waals surface area contributed by atoms with Crippen LogP contribution in [0.4, 0.5) is 0 Å². The van der Waals surface area contributed by atoms with Gasteiger partial charge in [-0.3, -0.25) is 0 Å². The summed E-state index contributed by atoms with van der Waals surface area (Å²) in [6.45, 7) is 0. The molecule has 0 amide bonds. The van der Waals surface area contributed by atoms with Crippen molar-refractivity contribution in [2.45, 2.75) is 6.42 Å². The zero-order chi connectivity index (χ0) is 8.43. The number of carbonyl (C=O) groups excluding carboxylic acids is 1. The Labute approximate surface area is 77.2 Å². The third kappa shape index (κ3) is 1.81. The topological polar surface area (TPSA) is 38.7 Å². The van der Waals surface area contributed by atoms with E-state index in [0.717, 1.165) is 0 Å². The van der Waals surface area contributed by atoms with Crippen molar-refractivity contribution in [1.29, 1.82) is 0 Å². The molecule has 0 saturated carbocycles. The highest BCUT2D eigenvalue weighted by Gasteiger charge is 2.21. The second-order valence-corrected chi connectivity index (χ2v) is 3.11. The molecule has 60 valence electrons. The van der Waals surface area contributed by atoms with E-state index in [2.05, 4.69) is 25.7 Å². The number of halogens is 2. The van der Waals surface area contributed by atoms with Crippen molar-refractivity contribution in [3.8, 4) is 0 Å². The van der Waals surface area contributed by atoms with E-state index in [0.29, 0.717) is 21.8 Å². The van der Waals surface area contributed by atoms with Crippen molar-refractivity contribution in [2.75, 3.05) is 7.11 Å². The number of ether oxygens (including phenoxy) is 1. The lowest BCUT2D eigenvalue weighted by molar-refractivity contribution is -0.136. The first kappa shape index (κ1) is 8.74. The molecule has 0 fully saturated rings. The van der Waals surface area contributed by atoms with Gasteiger partial charge in [0.05, 0.1) is 12.7 Å². The fraction of sp³-hybridized carbons (Fsp3) is 0.333. The highest BCUT2D eigenvalue weighted by molar-refractivity contribution is 9.11. The molecule has 0 aromatic carbocycles. The fourth-order valence-corrected chi connectivity index (χ4v) is 1.55. The largest absolute Gasteiger partial charge is 0.466 e. The second kappa shape index (κ2) is 3.36. The highest BCUT2D eigenvalue weighted by atomic mass is 79.9. The molecule has 0 aliphatic carbocycles. The van der Waals surface area contributed by atoms with E-state index in [1.807, 2.05) is 0 Å². The van der Waals surface area contributed by atoms with Gasteiger partial charge < -0.3 is 4.74 Å². The predicted molar refractivity (Wildman–Crippen MR) is 45.9 cm³/mol. The summed E-state index contributed by atoms with van der Waals surface area (Å²) in [4.78, 5) is 14.7. The van der Waals surface area contributed by atoms with Gasteiger partial charge in [-0.15, -0.1) is 0 Å². The summed E-state index contributed by atoms with van der Waals surface area (Å²) in [5.74, 6) is -0.392. The molecule has 1 aliphatic rings. The Morgan fingerprint density at radius 1 is 1.82 bits per heavy atom. The van der Waals surface area contributed by atoms with E-state index in [1.54, 1.807) is 0 Å². The molecule has 1 rings (SSSR count). The van der Waals surface area contributed by atoms with Gasteiger partial charge >= 0.3 is 5.97 Å². The maximum Gasteiger partial charge on any atom is 0.336 e. The quantitative estimate of drug-likeness (QED) is 0.516. The molecule has 0 N–H and O–H groups in total. The summed E-state index contributed by atoms with van der Waals surface area (Å²) in [6.07, 6.45) is 0.356. The number of esters is 1. The van der Waals surface area contributed by atoms with Crippen molar-refractivity contribution >= 4 is 38.7 Å². The Morgan fingerprint density at radius 2 is 2.45 bits per heavy atom. The summed E-state index contributed by atoms with van der Waals surface area (Å²) >= 11 is 8.67. The number of methoxy groups -OCH3 is 1. The minimum atomic E-state index is -0.392. The van der Waals surface area contributed by atoms with E-state index in [4.69, 9.17) is 11.6 Å². The third-order valence-electron chi connectivity index (χ3n) is 1.22. The monoisotopic (exact) mass is 237 g/mol.